The van der Waals surface area contributed by atoms with Gasteiger partial charge in [-0.3, -0.25) is 9.59 Å². The molecule has 1 unspecified atom stereocenters. The van der Waals surface area contributed by atoms with E-state index in [0.717, 1.165) is 0 Å². The van der Waals surface area contributed by atoms with Crippen LogP contribution < -0.4 is 15.2 Å². The lowest BCUT2D eigenvalue weighted by Crippen LogP contribution is -2.53. The van der Waals surface area contributed by atoms with Crippen LogP contribution in [0.2, 0.25) is 0 Å². The fourth-order valence-corrected chi connectivity index (χ4v) is 3.12. The molecule has 11 heteroatoms. The molecule has 36 heavy (non-hydrogen) atoms. The number of rotatable bonds is 13. The molecule has 0 spiro atoms. The summed E-state index contributed by atoms with van der Waals surface area (Å²) in [5.41, 5.74) is 5.30. The predicted octanol–water partition coefficient (Wildman–Crippen LogP) is 3.93. The summed E-state index contributed by atoms with van der Waals surface area (Å²) in [5.74, 6) is -1.71. The third kappa shape index (κ3) is 10.1. The molecule has 0 aromatic heterocycles. The van der Waals surface area contributed by atoms with Crippen molar-refractivity contribution in [1.82, 2.24) is 0 Å². The van der Waals surface area contributed by atoms with Crippen molar-refractivity contribution in [3.05, 3.63) is 23.8 Å². The van der Waals surface area contributed by atoms with Gasteiger partial charge in [0.15, 0.2) is 11.5 Å². The van der Waals surface area contributed by atoms with E-state index in [9.17, 15) is 19.2 Å². The Morgan fingerprint density at radius 3 is 1.97 bits per heavy atom. The molecule has 1 aromatic rings. The first-order valence-corrected chi connectivity index (χ1v) is 11.9. The van der Waals surface area contributed by atoms with Gasteiger partial charge in [-0.25, -0.2) is 9.59 Å². The summed E-state index contributed by atoms with van der Waals surface area (Å²) in [7, 11) is 1.20. The lowest BCUT2D eigenvalue weighted by atomic mass is 9.86. The first kappa shape index (κ1) is 30.7. The first-order chi connectivity index (χ1) is 16.9. The van der Waals surface area contributed by atoms with E-state index in [2.05, 4.69) is 0 Å². The Bertz CT molecular complexity index is 901. The van der Waals surface area contributed by atoms with Crippen LogP contribution in [-0.4, -0.2) is 56.2 Å². The molecule has 0 amide bonds. The van der Waals surface area contributed by atoms with Gasteiger partial charge < -0.3 is 34.2 Å². The number of methoxy groups -OCH3 is 1. The Kier molecular flexibility index (Phi) is 12.7. The second kappa shape index (κ2) is 14.9. The van der Waals surface area contributed by atoms with Gasteiger partial charge >= 0.3 is 24.2 Å². The number of esters is 2. The maximum atomic E-state index is 12.6. The highest BCUT2D eigenvalue weighted by Gasteiger charge is 2.38. The van der Waals surface area contributed by atoms with E-state index in [0.29, 0.717) is 18.4 Å². The van der Waals surface area contributed by atoms with Crippen LogP contribution in [0.3, 0.4) is 0 Å². The van der Waals surface area contributed by atoms with Crippen molar-refractivity contribution in [3.63, 3.8) is 0 Å². The van der Waals surface area contributed by atoms with Crippen molar-refractivity contribution in [2.75, 3.05) is 20.3 Å². The number of nitrogens with two attached hydrogens (primary N) is 1. The Balaban J connectivity index is 3.22. The standard InChI is InChI=1S/C25H37NO10/c1-7-11-32-23(29)35-19-10-9-18(13-20(19)36-24(30)33-12-8-2)15-25(26,22(28)31-6)14-17(5)34-21(27)16(3)4/h9-10,13,16-17H,7-8,11-12,14-15,26H2,1-6H3/t17?,25-/m1/s1. The van der Waals surface area contributed by atoms with Crippen molar-refractivity contribution < 1.29 is 47.6 Å². The highest BCUT2D eigenvalue weighted by atomic mass is 16.7. The largest absolute Gasteiger partial charge is 0.513 e. The van der Waals surface area contributed by atoms with Crippen molar-refractivity contribution in [2.45, 2.75) is 71.9 Å². The van der Waals surface area contributed by atoms with Gasteiger partial charge in [-0.15, -0.1) is 0 Å². The van der Waals surface area contributed by atoms with E-state index >= 15 is 0 Å². The van der Waals surface area contributed by atoms with Gasteiger partial charge in [0.25, 0.3) is 0 Å². The summed E-state index contributed by atoms with van der Waals surface area (Å²) in [6, 6.07) is 4.32. The summed E-state index contributed by atoms with van der Waals surface area (Å²) in [6.07, 6.45) is -1.58. The quantitative estimate of drug-likeness (QED) is 0.233. The molecule has 0 bridgehead atoms. The third-order valence-corrected chi connectivity index (χ3v) is 4.79. The highest BCUT2D eigenvalue weighted by molar-refractivity contribution is 5.81. The smallest absolute Gasteiger partial charge is 0.468 e. The van der Waals surface area contributed by atoms with Crippen molar-refractivity contribution in [3.8, 4) is 11.5 Å². The van der Waals surface area contributed by atoms with Gasteiger partial charge in [0.05, 0.1) is 26.2 Å². The number of hydrogen-bond acceptors (Lipinski definition) is 11. The van der Waals surface area contributed by atoms with Gasteiger partial charge in [-0.2, -0.15) is 0 Å². The molecule has 0 heterocycles. The summed E-state index contributed by atoms with van der Waals surface area (Å²) in [4.78, 5) is 48.6. The van der Waals surface area contributed by atoms with Gasteiger partial charge in [0.1, 0.15) is 11.6 Å². The van der Waals surface area contributed by atoms with Gasteiger partial charge in [0, 0.05) is 12.8 Å². The Labute approximate surface area is 211 Å². The van der Waals surface area contributed by atoms with Gasteiger partial charge in [-0.1, -0.05) is 33.8 Å². The Morgan fingerprint density at radius 1 is 0.917 bits per heavy atom. The maximum Gasteiger partial charge on any atom is 0.513 e. The fourth-order valence-electron chi connectivity index (χ4n) is 3.12. The average molecular weight is 512 g/mol. The van der Waals surface area contributed by atoms with E-state index in [-0.39, 0.29) is 43.5 Å². The molecule has 11 nitrogen and oxygen atoms in total. The van der Waals surface area contributed by atoms with Crippen LogP contribution in [0, 0.1) is 5.92 Å². The molecular weight excluding hydrogens is 474 g/mol. The van der Waals surface area contributed by atoms with Crippen molar-refractivity contribution in [1.29, 1.82) is 0 Å². The SMILES string of the molecule is CCCOC(=O)Oc1ccc(C[C@](N)(CC(C)OC(=O)C(C)C)C(=O)OC)cc1OC(=O)OCCC. The molecular formula is C25H37NO10. The molecule has 0 radical (unpaired) electrons. The Morgan fingerprint density at radius 2 is 1.47 bits per heavy atom. The van der Waals surface area contributed by atoms with Crippen LogP contribution >= 0.6 is 0 Å². The summed E-state index contributed by atoms with van der Waals surface area (Å²) in [5, 5.41) is 0. The van der Waals surface area contributed by atoms with Gasteiger partial charge in [-0.05, 0) is 37.5 Å². The maximum absolute atomic E-state index is 12.6. The number of benzene rings is 1. The van der Waals surface area contributed by atoms with Crippen LogP contribution in [0.5, 0.6) is 11.5 Å². The second-order valence-electron chi connectivity index (χ2n) is 8.61. The zero-order valence-corrected chi connectivity index (χ0v) is 21.8. The lowest BCUT2D eigenvalue weighted by molar-refractivity contribution is -0.157. The zero-order valence-electron chi connectivity index (χ0n) is 21.8. The van der Waals surface area contributed by atoms with E-state index in [1.807, 2.05) is 13.8 Å². The number of carbonyl (C=O) groups excluding carboxylic acids is 4. The molecule has 0 aliphatic rings. The van der Waals surface area contributed by atoms with E-state index in [4.69, 9.17) is 34.2 Å². The monoisotopic (exact) mass is 511 g/mol. The van der Waals surface area contributed by atoms with Crippen molar-refractivity contribution in [2.24, 2.45) is 11.7 Å². The van der Waals surface area contributed by atoms with Crippen LogP contribution in [0.1, 0.15) is 59.4 Å². The minimum atomic E-state index is -1.58. The minimum absolute atomic E-state index is 0.0333. The first-order valence-electron chi connectivity index (χ1n) is 11.9. The molecule has 2 N–H and O–H groups in total. The molecule has 0 saturated carbocycles. The molecule has 1 rings (SSSR count). The number of hydrogen-bond donors (Lipinski definition) is 1. The van der Waals surface area contributed by atoms with Crippen LogP contribution in [-0.2, 0) is 35.0 Å². The molecule has 2 atom stereocenters. The highest BCUT2D eigenvalue weighted by Crippen LogP contribution is 2.31. The normalized spacial score (nSPS) is 13.2. The minimum Gasteiger partial charge on any atom is -0.468 e. The van der Waals surface area contributed by atoms with Crippen LogP contribution in [0.4, 0.5) is 9.59 Å². The van der Waals surface area contributed by atoms with E-state index in [1.165, 1.54) is 19.2 Å². The third-order valence-electron chi connectivity index (χ3n) is 4.79. The number of ether oxygens (including phenoxy) is 6. The van der Waals surface area contributed by atoms with Crippen LogP contribution in [0.25, 0.3) is 0 Å². The second-order valence-corrected chi connectivity index (χ2v) is 8.61. The van der Waals surface area contributed by atoms with Crippen LogP contribution in [0.15, 0.2) is 18.2 Å². The fraction of sp³-hybridized carbons (Fsp3) is 0.600. The topological polar surface area (TPSA) is 150 Å². The summed E-state index contributed by atoms with van der Waals surface area (Å²) in [6.45, 7) is 8.95. The lowest BCUT2D eigenvalue weighted by Gasteiger charge is -2.29. The molecule has 0 aliphatic heterocycles. The summed E-state index contributed by atoms with van der Waals surface area (Å²) < 4.78 is 30.5. The zero-order chi connectivity index (χ0) is 27.3. The molecule has 0 fully saturated rings. The molecule has 1 aromatic carbocycles. The van der Waals surface area contributed by atoms with Gasteiger partial charge in [0.2, 0.25) is 0 Å². The predicted molar refractivity (Wildman–Crippen MR) is 129 cm³/mol. The number of carbonyl (C=O) groups is 4. The van der Waals surface area contributed by atoms with E-state index in [1.54, 1.807) is 26.8 Å². The summed E-state index contributed by atoms with van der Waals surface area (Å²) >= 11 is 0. The Hall–Kier alpha value is -3.34. The molecule has 0 aliphatic carbocycles. The van der Waals surface area contributed by atoms with Crippen molar-refractivity contribution >= 4 is 24.2 Å². The van der Waals surface area contributed by atoms with E-state index < -0.39 is 35.9 Å². The molecule has 0 saturated heterocycles. The molecule has 202 valence electrons. The average Bonchev–Trinajstić information content (AvgIpc) is 2.82.